The lowest BCUT2D eigenvalue weighted by Crippen LogP contribution is -2.02. The van der Waals surface area contributed by atoms with E-state index in [4.69, 9.17) is 0 Å². The van der Waals surface area contributed by atoms with Crippen LogP contribution in [-0.4, -0.2) is 2.78 Å². The van der Waals surface area contributed by atoms with E-state index >= 15 is 0 Å². The lowest BCUT2D eigenvalue weighted by molar-refractivity contribution is -0.137. The van der Waals surface area contributed by atoms with Gasteiger partial charge in [-0.15, -0.1) is 0 Å². The van der Waals surface area contributed by atoms with E-state index in [1.165, 1.54) is 8.98 Å². The van der Waals surface area contributed by atoms with Crippen LogP contribution in [0.25, 0.3) is 0 Å². The molecule has 0 aliphatic rings. The molecule has 0 saturated carbocycles. The first-order valence-electron chi connectivity index (χ1n) is 2.41. The molecule has 1 rings (SSSR count). The summed E-state index contributed by atoms with van der Waals surface area (Å²) in [5.41, 5.74) is -0.609. The minimum atomic E-state index is -4.21. The third-order valence-corrected chi connectivity index (χ3v) is 1.59. The number of hydrogen-bond acceptors (Lipinski definition) is 0. The SMILES string of the molecule is FC(F)(F)c1ccn(I)c1. The number of halogens is 4. The lowest BCUT2D eigenvalue weighted by atomic mass is 10.3. The van der Waals surface area contributed by atoms with Crippen molar-refractivity contribution in [1.82, 2.24) is 2.78 Å². The molecule has 5 heteroatoms. The highest BCUT2D eigenvalue weighted by Crippen LogP contribution is 2.29. The van der Waals surface area contributed by atoms with Crippen LogP contribution in [0.3, 0.4) is 0 Å². The Kier molecular flexibility index (Phi) is 1.93. The fourth-order valence-corrected chi connectivity index (χ4v) is 0.999. The van der Waals surface area contributed by atoms with Crippen LogP contribution in [0.5, 0.6) is 0 Å². The third kappa shape index (κ3) is 1.65. The minimum Gasteiger partial charge on any atom is -0.297 e. The highest BCUT2D eigenvalue weighted by atomic mass is 127. The maximum absolute atomic E-state index is 11.8. The Labute approximate surface area is 69.3 Å². The molecule has 0 aliphatic heterocycles. The van der Waals surface area contributed by atoms with Gasteiger partial charge in [-0.1, -0.05) is 0 Å². The molecule has 0 atom stereocenters. The molecule has 1 heterocycles. The quantitative estimate of drug-likeness (QED) is 0.633. The summed E-state index contributed by atoms with van der Waals surface area (Å²) in [4.78, 5) is 0. The fraction of sp³-hybridized carbons (Fsp3) is 0.200. The Morgan fingerprint density at radius 1 is 1.40 bits per heavy atom. The first-order valence-corrected chi connectivity index (χ1v) is 3.38. The molecule has 0 fully saturated rings. The van der Waals surface area contributed by atoms with Crippen LogP contribution in [0, 0.1) is 0 Å². The lowest BCUT2D eigenvalue weighted by Gasteiger charge is -2.00. The molecular weight excluding hydrogens is 258 g/mol. The molecular formula is C5H3F3IN. The smallest absolute Gasteiger partial charge is 0.297 e. The van der Waals surface area contributed by atoms with Gasteiger partial charge < -0.3 is 0 Å². The van der Waals surface area contributed by atoms with Gasteiger partial charge in [-0.3, -0.25) is 2.78 Å². The number of aromatic nitrogens is 1. The summed E-state index contributed by atoms with van der Waals surface area (Å²) in [7, 11) is 0. The van der Waals surface area contributed by atoms with Gasteiger partial charge in [-0.25, -0.2) is 0 Å². The zero-order chi connectivity index (χ0) is 7.78. The first-order chi connectivity index (χ1) is 4.50. The number of nitrogens with zero attached hydrogens (tertiary/aromatic N) is 1. The van der Waals surface area contributed by atoms with Crippen molar-refractivity contribution < 1.29 is 13.2 Å². The van der Waals surface area contributed by atoms with E-state index in [1.54, 1.807) is 22.9 Å². The molecule has 10 heavy (non-hydrogen) atoms. The number of hydrogen-bond donors (Lipinski definition) is 0. The van der Waals surface area contributed by atoms with Crippen LogP contribution in [0.4, 0.5) is 13.2 Å². The van der Waals surface area contributed by atoms with Crippen molar-refractivity contribution >= 4 is 22.9 Å². The maximum Gasteiger partial charge on any atom is 0.417 e. The van der Waals surface area contributed by atoms with Gasteiger partial charge in [0, 0.05) is 12.4 Å². The average Bonchev–Trinajstić information content (AvgIpc) is 2.11. The Balaban J connectivity index is 2.96. The van der Waals surface area contributed by atoms with Gasteiger partial charge in [0.2, 0.25) is 0 Å². The van der Waals surface area contributed by atoms with Gasteiger partial charge in [0.15, 0.2) is 0 Å². The van der Waals surface area contributed by atoms with E-state index in [2.05, 4.69) is 0 Å². The second-order valence-corrected chi connectivity index (χ2v) is 2.86. The van der Waals surface area contributed by atoms with Gasteiger partial charge in [-0.2, -0.15) is 13.2 Å². The molecule has 0 radical (unpaired) electrons. The van der Waals surface area contributed by atoms with Crippen LogP contribution in [-0.2, 0) is 6.18 Å². The predicted octanol–water partition coefficient (Wildman–Crippen LogP) is 2.71. The van der Waals surface area contributed by atoms with Crippen molar-refractivity contribution in [1.29, 1.82) is 0 Å². The number of alkyl halides is 3. The van der Waals surface area contributed by atoms with Crippen molar-refractivity contribution in [2.75, 3.05) is 0 Å². The summed E-state index contributed by atoms with van der Waals surface area (Å²) in [6.45, 7) is 0. The Morgan fingerprint density at radius 3 is 2.20 bits per heavy atom. The summed E-state index contributed by atoms with van der Waals surface area (Å²) in [5, 5.41) is 0. The normalized spacial score (nSPS) is 12.0. The Bertz CT molecular complexity index is 227. The average molecular weight is 261 g/mol. The maximum atomic E-state index is 11.8. The number of rotatable bonds is 0. The molecule has 1 aromatic heterocycles. The minimum absolute atomic E-state index is 0.609. The van der Waals surface area contributed by atoms with Gasteiger partial charge in [0.05, 0.1) is 28.4 Å². The van der Waals surface area contributed by atoms with Crippen molar-refractivity contribution in [2.24, 2.45) is 0 Å². The second-order valence-electron chi connectivity index (χ2n) is 1.74. The summed E-state index contributed by atoms with van der Waals surface area (Å²) >= 11 is 1.76. The summed E-state index contributed by atoms with van der Waals surface area (Å²) in [5.74, 6) is 0. The molecule has 0 aromatic carbocycles. The Hall–Kier alpha value is -0.200. The molecule has 56 valence electrons. The topological polar surface area (TPSA) is 4.93 Å². The molecule has 0 aliphatic carbocycles. The monoisotopic (exact) mass is 261 g/mol. The van der Waals surface area contributed by atoms with Crippen molar-refractivity contribution in [3.63, 3.8) is 0 Å². The molecule has 0 bridgehead atoms. The van der Waals surface area contributed by atoms with E-state index in [-0.39, 0.29) is 0 Å². The third-order valence-electron chi connectivity index (χ3n) is 0.986. The summed E-state index contributed by atoms with van der Waals surface area (Å²) in [6.07, 6.45) is -1.83. The van der Waals surface area contributed by atoms with Crippen LogP contribution in [0.1, 0.15) is 5.56 Å². The highest BCUT2D eigenvalue weighted by Gasteiger charge is 2.30. The van der Waals surface area contributed by atoms with Gasteiger partial charge in [0.25, 0.3) is 0 Å². The van der Waals surface area contributed by atoms with E-state index in [0.29, 0.717) is 0 Å². The van der Waals surface area contributed by atoms with Crippen LogP contribution in [0.15, 0.2) is 18.5 Å². The van der Waals surface area contributed by atoms with Gasteiger partial charge in [-0.05, 0) is 6.07 Å². The van der Waals surface area contributed by atoms with Crippen LogP contribution < -0.4 is 0 Å². The Morgan fingerprint density at radius 2 is 2.00 bits per heavy atom. The molecule has 1 aromatic rings. The van der Waals surface area contributed by atoms with E-state index < -0.39 is 11.7 Å². The largest absolute Gasteiger partial charge is 0.417 e. The van der Waals surface area contributed by atoms with Crippen molar-refractivity contribution in [2.45, 2.75) is 6.18 Å². The summed E-state index contributed by atoms with van der Waals surface area (Å²) < 4.78 is 36.7. The molecule has 0 saturated heterocycles. The fourth-order valence-electron chi connectivity index (χ4n) is 0.538. The van der Waals surface area contributed by atoms with Crippen molar-refractivity contribution in [3.05, 3.63) is 24.0 Å². The van der Waals surface area contributed by atoms with Crippen molar-refractivity contribution in [3.8, 4) is 0 Å². The highest BCUT2D eigenvalue weighted by molar-refractivity contribution is 14.1. The molecule has 0 spiro atoms. The van der Waals surface area contributed by atoms with E-state index in [1.807, 2.05) is 0 Å². The van der Waals surface area contributed by atoms with Gasteiger partial charge >= 0.3 is 6.18 Å². The second kappa shape index (κ2) is 2.44. The zero-order valence-electron chi connectivity index (χ0n) is 4.69. The van der Waals surface area contributed by atoms with Crippen LogP contribution >= 0.6 is 22.9 Å². The van der Waals surface area contributed by atoms with Crippen LogP contribution in [0.2, 0.25) is 0 Å². The molecule has 0 unspecified atom stereocenters. The predicted molar refractivity (Wildman–Crippen MR) is 38.9 cm³/mol. The van der Waals surface area contributed by atoms with E-state index in [9.17, 15) is 13.2 Å². The zero-order valence-corrected chi connectivity index (χ0v) is 6.85. The summed E-state index contributed by atoms with van der Waals surface area (Å²) in [6, 6.07) is 1.03. The molecule has 0 N–H and O–H groups in total. The molecule has 1 nitrogen and oxygen atoms in total. The van der Waals surface area contributed by atoms with E-state index in [0.717, 1.165) is 12.3 Å². The molecule has 0 amide bonds. The standard InChI is InChI=1S/C5H3F3IN/c6-5(7,8)4-1-2-10(9)3-4/h1-3H. The first kappa shape index (κ1) is 7.90. The van der Waals surface area contributed by atoms with Gasteiger partial charge in [0.1, 0.15) is 0 Å².